The van der Waals surface area contributed by atoms with Crippen molar-refractivity contribution < 1.29 is 23.9 Å². The number of hydrogen-bond donors (Lipinski definition) is 2. The zero-order chi connectivity index (χ0) is 20.9. The van der Waals surface area contributed by atoms with Crippen LogP contribution in [0.1, 0.15) is 43.6 Å². The Morgan fingerprint density at radius 1 is 1.14 bits per heavy atom. The molecule has 0 aliphatic carbocycles. The first-order valence-corrected chi connectivity index (χ1v) is 9.57. The van der Waals surface area contributed by atoms with E-state index in [0.717, 1.165) is 16.9 Å². The van der Waals surface area contributed by atoms with E-state index in [4.69, 9.17) is 15.2 Å². The van der Waals surface area contributed by atoms with Crippen molar-refractivity contribution >= 4 is 34.1 Å². The van der Waals surface area contributed by atoms with Gasteiger partial charge in [-0.3, -0.25) is 9.59 Å². The minimum atomic E-state index is -0.879. The SMILES string of the molecule is C[C@@H](Oc1ccc(C(C)(C)C)cc1)C(=O)OCC(=O)Nc1sccc1C(N)=O. The summed E-state index contributed by atoms with van der Waals surface area (Å²) in [4.78, 5) is 35.2. The molecule has 0 fully saturated rings. The normalized spacial score (nSPS) is 12.1. The molecule has 3 N–H and O–H groups in total. The Morgan fingerprint density at radius 2 is 1.79 bits per heavy atom. The Balaban J connectivity index is 1.84. The monoisotopic (exact) mass is 404 g/mol. The molecule has 2 aromatic rings. The van der Waals surface area contributed by atoms with Gasteiger partial charge in [-0.15, -0.1) is 11.3 Å². The van der Waals surface area contributed by atoms with Gasteiger partial charge in [0.1, 0.15) is 10.8 Å². The lowest BCUT2D eigenvalue weighted by molar-refractivity contribution is -0.153. The first-order valence-electron chi connectivity index (χ1n) is 8.69. The van der Waals surface area contributed by atoms with Crippen molar-refractivity contribution in [2.24, 2.45) is 5.73 Å². The van der Waals surface area contributed by atoms with Crippen molar-refractivity contribution in [2.45, 2.75) is 39.2 Å². The summed E-state index contributed by atoms with van der Waals surface area (Å²) in [6.07, 6.45) is -0.879. The van der Waals surface area contributed by atoms with Crippen LogP contribution in [0.5, 0.6) is 5.75 Å². The lowest BCUT2D eigenvalue weighted by atomic mass is 9.87. The standard InChI is InChI=1S/C20H24N2O5S/c1-12(27-14-7-5-13(6-8-14)20(2,3)4)19(25)26-11-16(23)22-18-15(17(21)24)9-10-28-18/h5-10,12H,11H2,1-4H3,(H2,21,24)(H,22,23)/t12-/m1/s1. The van der Waals surface area contributed by atoms with Crippen LogP contribution in [-0.4, -0.2) is 30.5 Å². The summed E-state index contributed by atoms with van der Waals surface area (Å²) in [5, 5.41) is 4.44. The van der Waals surface area contributed by atoms with Gasteiger partial charge >= 0.3 is 5.97 Å². The van der Waals surface area contributed by atoms with E-state index in [-0.39, 0.29) is 11.0 Å². The number of ether oxygens (including phenoxy) is 2. The third-order valence-corrected chi connectivity index (χ3v) is 4.72. The van der Waals surface area contributed by atoms with E-state index < -0.39 is 30.5 Å². The van der Waals surface area contributed by atoms with Gasteiger partial charge in [0.15, 0.2) is 12.7 Å². The lowest BCUT2D eigenvalue weighted by Gasteiger charge is -2.20. The fourth-order valence-electron chi connectivity index (χ4n) is 2.30. The first kappa shape index (κ1) is 21.4. The number of hydrogen-bond acceptors (Lipinski definition) is 6. The zero-order valence-electron chi connectivity index (χ0n) is 16.3. The van der Waals surface area contributed by atoms with Crippen molar-refractivity contribution in [3.05, 3.63) is 46.8 Å². The molecule has 1 heterocycles. The molecule has 0 aliphatic heterocycles. The maximum absolute atomic E-state index is 12.1. The second-order valence-electron chi connectivity index (χ2n) is 7.22. The largest absolute Gasteiger partial charge is 0.479 e. The molecule has 0 bridgehead atoms. The van der Waals surface area contributed by atoms with Crippen LogP contribution in [0.15, 0.2) is 35.7 Å². The van der Waals surface area contributed by atoms with Gasteiger partial charge in [-0.2, -0.15) is 0 Å². The van der Waals surface area contributed by atoms with Gasteiger partial charge in [-0.05, 0) is 41.5 Å². The summed E-state index contributed by atoms with van der Waals surface area (Å²) < 4.78 is 10.5. The predicted octanol–water partition coefficient (Wildman–Crippen LogP) is 3.09. The summed E-state index contributed by atoms with van der Waals surface area (Å²) in [6.45, 7) is 7.37. The van der Waals surface area contributed by atoms with E-state index in [1.807, 2.05) is 12.1 Å². The minimum Gasteiger partial charge on any atom is -0.479 e. The average Bonchev–Trinajstić information content (AvgIpc) is 3.07. The zero-order valence-corrected chi connectivity index (χ0v) is 17.1. The van der Waals surface area contributed by atoms with Gasteiger partial charge in [0, 0.05) is 0 Å². The molecule has 0 saturated heterocycles. The van der Waals surface area contributed by atoms with Gasteiger partial charge in [-0.25, -0.2) is 4.79 Å². The summed E-state index contributed by atoms with van der Waals surface area (Å²) in [5.74, 6) is -1.35. The summed E-state index contributed by atoms with van der Waals surface area (Å²) in [6, 6.07) is 8.98. The highest BCUT2D eigenvalue weighted by atomic mass is 32.1. The van der Waals surface area contributed by atoms with Crippen LogP contribution in [0.25, 0.3) is 0 Å². The molecule has 8 heteroatoms. The molecule has 7 nitrogen and oxygen atoms in total. The number of nitrogens with two attached hydrogens (primary N) is 1. The maximum Gasteiger partial charge on any atom is 0.347 e. The molecule has 2 rings (SSSR count). The van der Waals surface area contributed by atoms with Crippen molar-refractivity contribution in [1.82, 2.24) is 0 Å². The van der Waals surface area contributed by atoms with Crippen LogP contribution in [-0.2, 0) is 19.7 Å². The van der Waals surface area contributed by atoms with Crippen molar-refractivity contribution in [3.8, 4) is 5.75 Å². The second-order valence-corrected chi connectivity index (χ2v) is 8.13. The fourth-order valence-corrected chi connectivity index (χ4v) is 3.11. The number of esters is 1. The third-order valence-electron chi connectivity index (χ3n) is 3.89. The van der Waals surface area contributed by atoms with E-state index in [9.17, 15) is 14.4 Å². The summed E-state index contributed by atoms with van der Waals surface area (Å²) in [5.41, 5.74) is 6.60. The Labute approximate surface area is 167 Å². The number of carbonyl (C=O) groups excluding carboxylic acids is 3. The molecule has 150 valence electrons. The van der Waals surface area contributed by atoms with Crippen molar-refractivity contribution in [2.75, 3.05) is 11.9 Å². The third kappa shape index (κ3) is 5.82. The van der Waals surface area contributed by atoms with Crippen LogP contribution in [0.4, 0.5) is 5.00 Å². The number of thiophene rings is 1. The summed E-state index contributed by atoms with van der Waals surface area (Å²) >= 11 is 1.15. The topological polar surface area (TPSA) is 108 Å². The molecule has 2 amide bonds. The van der Waals surface area contributed by atoms with E-state index in [2.05, 4.69) is 26.1 Å². The quantitative estimate of drug-likeness (QED) is 0.690. The Bertz CT molecular complexity index is 852. The number of primary amides is 1. The van der Waals surface area contributed by atoms with Gasteiger partial charge in [0.05, 0.1) is 5.56 Å². The molecule has 0 unspecified atom stereocenters. The van der Waals surface area contributed by atoms with Crippen molar-refractivity contribution in [1.29, 1.82) is 0 Å². The molecule has 1 atom stereocenters. The molecular formula is C20H24N2O5S. The maximum atomic E-state index is 12.1. The fraction of sp³-hybridized carbons (Fsp3) is 0.350. The van der Waals surface area contributed by atoms with Crippen LogP contribution in [0.2, 0.25) is 0 Å². The molecule has 0 aliphatic rings. The number of amides is 2. The van der Waals surface area contributed by atoms with Gasteiger partial charge < -0.3 is 20.5 Å². The average molecular weight is 404 g/mol. The lowest BCUT2D eigenvalue weighted by Crippen LogP contribution is -2.30. The highest BCUT2D eigenvalue weighted by Gasteiger charge is 2.20. The number of nitrogens with one attached hydrogen (secondary N) is 1. The van der Waals surface area contributed by atoms with Gasteiger partial charge in [-0.1, -0.05) is 32.9 Å². The van der Waals surface area contributed by atoms with Crippen LogP contribution in [0, 0.1) is 0 Å². The molecule has 1 aromatic carbocycles. The van der Waals surface area contributed by atoms with E-state index in [1.165, 1.54) is 6.07 Å². The molecule has 0 saturated carbocycles. The Morgan fingerprint density at radius 3 is 2.36 bits per heavy atom. The van der Waals surface area contributed by atoms with Crippen molar-refractivity contribution in [3.63, 3.8) is 0 Å². The molecule has 28 heavy (non-hydrogen) atoms. The minimum absolute atomic E-state index is 0.0212. The first-order chi connectivity index (χ1) is 13.1. The second kappa shape index (κ2) is 8.88. The highest BCUT2D eigenvalue weighted by molar-refractivity contribution is 7.14. The van der Waals surface area contributed by atoms with Crippen LogP contribution < -0.4 is 15.8 Å². The molecule has 0 radical (unpaired) electrons. The van der Waals surface area contributed by atoms with Crippen LogP contribution >= 0.6 is 11.3 Å². The van der Waals surface area contributed by atoms with E-state index in [1.54, 1.807) is 24.4 Å². The molecular weight excluding hydrogens is 380 g/mol. The predicted molar refractivity (Wildman–Crippen MR) is 108 cm³/mol. The molecule has 1 aromatic heterocycles. The van der Waals surface area contributed by atoms with Gasteiger partial charge in [0.25, 0.3) is 11.8 Å². The van der Waals surface area contributed by atoms with Gasteiger partial charge in [0.2, 0.25) is 0 Å². The highest BCUT2D eigenvalue weighted by Crippen LogP contribution is 2.25. The Hall–Kier alpha value is -2.87. The number of benzene rings is 1. The number of rotatable bonds is 7. The van der Waals surface area contributed by atoms with E-state index in [0.29, 0.717) is 10.8 Å². The van der Waals surface area contributed by atoms with E-state index >= 15 is 0 Å². The smallest absolute Gasteiger partial charge is 0.347 e. The number of anilines is 1. The summed E-state index contributed by atoms with van der Waals surface area (Å²) in [7, 11) is 0. The van der Waals surface area contributed by atoms with Crippen LogP contribution in [0.3, 0.4) is 0 Å². The number of carbonyl (C=O) groups is 3. The Kier molecular flexibility index (Phi) is 6.80. The molecule has 0 spiro atoms.